The van der Waals surface area contributed by atoms with Crippen molar-refractivity contribution >= 4 is 33.3 Å². The van der Waals surface area contributed by atoms with E-state index < -0.39 is 11.9 Å². The molecule has 1 amide bonds. The van der Waals surface area contributed by atoms with E-state index in [1.807, 2.05) is 58.9 Å². The Hall–Kier alpha value is -3.72. The van der Waals surface area contributed by atoms with Crippen LogP contribution in [0.5, 0.6) is 11.5 Å². The van der Waals surface area contributed by atoms with Crippen LogP contribution in [-0.4, -0.2) is 29.3 Å². The molecule has 0 bridgehead atoms. The number of carbonyl (C=O) groups is 1. The molecule has 0 radical (unpaired) electrons. The summed E-state index contributed by atoms with van der Waals surface area (Å²) < 4.78 is 17.7. The van der Waals surface area contributed by atoms with Gasteiger partial charge in [0.15, 0.2) is 16.9 Å². The molecular formula is C27H27N3O5S. The lowest BCUT2D eigenvalue weighted by Gasteiger charge is -2.23. The third-order valence-corrected chi connectivity index (χ3v) is 7.40. The summed E-state index contributed by atoms with van der Waals surface area (Å²) >= 11 is 1.33. The number of anilines is 1. The van der Waals surface area contributed by atoms with Crippen LogP contribution in [0.25, 0.3) is 11.0 Å². The second kappa shape index (κ2) is 9.39. The number of hydrogen-bond acceptors (Lipinski definition) is 8. The monoisotopic (exact) mass is 505 g/mol. The number of fused-ring (bicyclic) bond motifs is 2. The van der Waals surface area contributed by atoms with Gasteiger partial charge in [0.2, 0.25) is 10.9 Å². The summed E-state index contributed by atoms with van der Waals surface area (Å²) in [4.78, 5) is 29.2. The summed E-state index contributed by atoms with van der Waals surface area (Å²) in [7, 11) is 0. The van der Waals surface area contributed by atoms with Crippen molar-refractivity contribution in [3.63, 3.8) is 0 Å². The normalized spacial score (nSPS) is 15.0. The summed E-state index contributed by atoms with van der Waals surface area (Å²) in [6.07, 6.45) is 0.689. The second-order valence-electron chi connectivity index (χ2n) is 8.59. The molecule has 36 heavy (non-hydrogen) atoms. The topological polar surface area (TPSA) is 94.8 Å². The molecule has 0 fully saturated rings. The average molecular weight is 506 g/mol. The molecule has 1 atom stereocenters. The van der Waals surface area contributed by atoms with Crippen molar-refractivity contribution < 1.29 is 18.7 Å². The Morgan fingerprint density at radius 3 is 2.39 bits per heavy atom. The molecule has 2 aromatic heterocycles. The van der Waals surface area contributed by atoms with E-state index in [0.29, 0.717) is 52.8 Å². The van der Waals surface area contributed by atoms with Crippen molar-refractivity contribution in [2.75, 3.05) is 18.1 Å². The summed E-state index contributed by atoms with van der Waals surface area (Å²) in [5, 5.41) is 10.1. The van der Waals surface area contributed by atoms with Crippen molar-refractivity contribution in [3.05, 3.63) is 73.6 Å². The van der Waals surface area contributed by atoms with E-state index >= 15 is 0 Å². The smallest absolute Gasteiger partial charge is 0.297 e. The number of aryl methyl sites for hydroxylation is 3. The molecule has 5 rings (SSSR count). The van der Waals surface area contributed by atoms with Gasteiger partial charge in [-0.3, -0.25) is 14.5 Å². The second-order valence-corrected chi connectivity index (χ2v) is 9.63. The van der Waals surface area contributed by atoms with Gasteiger partial charge in [-0.15, -0.1) is 10.2 Å². The molecule has 1 aliphatic heterocycles. The highest BCUT2D eigenvalue weighted by molar-refractivity contribution is 7.15. The Bertz CT molecular complexity index is 1540. The minimum absolute atomic E-state index is 0.0286. The fraction of sp³-hybridized carbons (Fsp3) is 0.333. The predicted octanol–water partition coefficient (Wildman–Crippen LogP) is 5.37. The fourth-order valence-corrected chi connectivity index (χ4v) is 5.27. The number of hydrogen-bond donors (Lipinski definition) is 0. The number of rotatable bonds is 7. The molecule has 9 heteroatoms. The van der Waals surface area contributed by atoms with E-state index in [9.17, 15) is 9.59 Å². The van der Waals surface area contributed by atoms with Crippen LogP contribution in [0.3, 0.4) is 0 Å². The van der Waals surface area contributed by atoms with E-state index in [2.05, 4.69) is 10.2 Å². The Kier molecular flexibility index (Phi) is 6.26. The molecule has 0 aliphatic carbocycles. The third-order valence-electron chi connectivity index (χ3n) is 6.33. The quantitative estimate of drug-likeness (QED) is 0.333. The molecule has 1 aliphatic rings. The van der Waals surface area contributed by atoms with Gasteiger partial charge in [0.25, 0.3) is 5.91 Å². The van der Waals surface area contributed by atoms with Crippen molar-refractivity contribution in [3.8, 4) is 11.5 Å². The van der Waals surface area contributed by atoms with Crippen molar-refractivity contribution in [1.29, 1.82) is 0 Å². The Morgan fingerprint density at radius 1 is 0.972 bits per heavy atom. The summed E-state index contributed by atoms with van der Waals surface area (Å²) in [6, 6.07) is 8.35. The first-order valence-corrected chi connectivity index (χ1v) is 12.8. The lowest BCUT2D eigenvalue weighted by Crippen LogP contribution is -2.29. The van der Waals surface area contributed by atoms with Crippen molar-refractivity contribution in [2.24, 2.45) is 0 Å². The van der Waals surface area contributed by atoms with Gasteiger partial charge < -0.3 is 13.9 Å². The van der Waals surface area contributed by atoms with Crippen LogP contribution in [0.4, 0.5) is 5.13 Å². The first kappa shape index (κ1) is 24.0. The molecule has 0 saturated carbocycles. The third kappa shape index (κ3) is 3.83. The number of amides is 1. The van der Waals surface area contributed by atoms with Crippen LogP contribution >= 0.6 is 11.3 Å². The van der Waals surface area contributed by atoms with Gasteiger partial charge >= 0.3 is 0 Å². The predicted molar refractivity (Wildman–Crippen MR) is 139 cm³/mol. The first-order chi connectivity index (χ1) is 17.4. The molecule has 0 saturated heterocycles. The van der Waals surface area contributed by atoms with Gasteiger partial charge in [0.05, 0.1) is 30.2 Å². The summed E-state index contributed by atoms with van der Waals surface area (Å²) in [5.74, 6) is 0.750. The van der Waals surface area contributed by atoms with E-state index in [0.717, 1.165) is 16.1 Å². The fourth-order valence-electron chi connectivity index (χ4n) is 4.46. The molecule has 1 unspecified atom stereocenters. The first-order valence-electron chi connectivity index (χ1n) is 12.0. The highest BCUT2D eigenvalue weighted by Gasteiger charge is 2.45. The highest BCUT2D eigenvalue weighted by Crippen LogP contribution is 2.44. The van der Waals surface area contributed by atoms with Crippen LogP contribution < -0.4 is 19.8 Å². The minimum Gasteiger partial charge on any atom is -0.490 e. The molecule has 8 nitrogen and oxygen atoms in total. The highest BCUT2D eigenvalue weighted by atomic mass is 32.1. The van der Waals surface area contributed by atoms with Crippen LogP contribution in [0.2, 0.25) is 0 Å². The molecule has 2 aromatic carbocycles. The Balaban J connectivity index is 1.78. The van der Waals surface area contributed by atoms with Crippen LogP contribution in [0.15, 0.2) is 39.5 Å². The maximum atomic E-state index is 13.9. The van der Waals surface area contributed by atoms with E-state index in [-0.39, 0.29) is 16.8 Å². The minimum atomic E-state index is -0.748. The van der Waals surface area contributed by atoms with Gasteiger partial charge in [-0.25, -0.2) is 0 Å². The molecule has 0 spiro atoms. The number of ether oxygens (including phenoxy) is 2. The average Bonchev–Trinajstić information content (AvgIpc) is 3.44. The number of nitrogens with zero attached hydrogens (tertiary/aromatic N) is 3. The van der Waals surface area contributed by atoms with Crippen molar-refractivity contribution in [1.82, 2.24) is 10.2 Å². The summed E-state index contributed by atoms with van der Waals surface area (Å²) in [5.41, 5.74) is 3.09. The number of benzene rings is 2. The molecular weight excluding hydrogens is 478 g/mol. The zero-order chi connectivity index (χ0) is 25.6. The lowest BCUT2D eigenvalue weighted by atomic mass is 9.97. The van der Waals surface area contributed by atoms with Gasteiger partial charge in [-0.2, -0.15) is 0 Å². The van der Waals surface area contributed by atoms with Gasteiger partial charge in [-0.1, -0.05) is 24.3 Å². The molecule has 3 heterocycles. The maximum absolute atomic E-state index is 13.9. The number of carbonyl (C=O) groups excluding carboxylic acids is 1. The molecule has 186 valence electrons. The Morgan fingerprint density at radius 2 is 1.69 bits per heavy atom. The standard InChI is InChI=1S/C27H27N3O5S/c1-6-21-28-29-27(36-21)30-23(16-9-10-18(33-7-2)20(13-16)34-8-3)22-24(31)17-11-14(4)15(5)12-19(17)35-25(22)26(30)32/h9-13,23H,6-8H2,1-5H3. The van der Waals surface area contributed by atoms with Gasteiger partial charge in [-0.05, 0) is 75.1 Å². The van der Waals surface area contributed by atoms with Crippen LogP contribution in [-0.2, 0) is 6.42 Å². The largest absolute Gasteiger partial charge is 0.490 e. The number of aromatic nitrogens is 2. The van der Waals surface area contributed by atoms with Crippen LogP contribution in [0, 0.1) is 13.8 Å². The Labute approximate surface area is 212 Å². The van der Waals surface area contributed by atoms with E-state index in [1.165, 1.54) is 16.2 Å². The zero-order valence-corrected chi connectivity index (χ0v) is 21.7. The summed E-state index contributed by atoms with van der Waals surface area (Å²) in [6.45, 7) is 10.6. The molecule has 0 N–H and O–H groups in total. The van der Waals surface area contributed by atoms with Crippen molar-refractivity contribution in [2.45, 2.75) is 47.1 Å². The maximum Gasteiger partial charge on any atom is 0.297 e. The van der Waals surface area contributed by atoms with Crippen LogP contribution in [0.1, 0.15) is 64.6 Å². The van der Waals surface area contributed by atoms with Gasteiger partial charge in [0.1, 0.15) is 10.6 Å². The van der Waals surface area contributed by atoms with Gasteiger partial charge in [0, 0.05) is 0 Å². The molecule has 4 aromatic rings. The lowest BCUT2D eigenvalue weighted by molar-refractivity contribution is 0.0970. The van der Waals surface area contributed by atoms with E-state index in [1.54, 1.807) is 6.07 Å². The SMILES string of the molecule is CCOc1ccc(C2c3c(oc4cc(C)c(C)cc4c3=O)C(=O)N2c2nnc(CC)s2)cc1OCC. The zero-order valence-electron chi connectivity index (χ0n) is 20.9. The van der Waals surface area contributed by atoms with E-state index in [4.69, 9.17) is 13.9 Å².